The molecule has 0 saturated carbocycles. The number of carbonyl (C=O) groups is 1. The molecule has 0 unspecified atom stereocenters. The van der Waals surface area contributed by atoms with E-state index in [1.165, 1.54) is 11.1 Å². The van der Waals surface area contributed by atoms with Gasteiger partial charge >= 0.3 is 5.69 Å². The van der Waals surface area contributed by atoms with Gasteiger partial charge in [0, 0.05) is 0 Å². The second kappa shape index (κ2) is 7.32. The van der Waals surface area contributed by atoms with Crippen LogP contribution in [0, 0.1) is 6.92 Å². The number of nitrogens with one attached hydrogen (secondary N) is 1. The fourth-order valence-corrected chi connectivity index (χ4v) is 3.17. The summed E-state index contributed by atoms with van der Waals surface area (Å²) in [5, 5.41) is 16.2. The molecule has 1 amide bonds. The first kappa shape index (κ1) is 19.1. The first-order valence-corrected chi connectivity index (χ1v) is 9.19. The first-order chi connectivity index (χ1) is 14.4. The van der Waals surface area contributed by atoms with Crippen molar-refractivity contribution in [3.8, 4) is 11.6 Å². The zero-order valence-electron chi connectivity index (χ0n) is 16.3. The molecule has 0 atom stereocenters. The predicted octanol–water partition coefficient (Wildman–Crippen LogP) is 2.35. The number of para-hydroxylation sites is 1. The van der Waals surface area contributed by atoms with Gasteiger partial charge in [0.15, 0.2) is 0 Å². The molecule has 0 radical (unpaired) electrons. The maximum atomic E-state index is 12.9. The number of rotatable bonds is 3. The van der Waals surface area contributed by atoms with Gasteiger partial charge in [0.25, 0.3) is 11.5 Å². The quantitative estimate of drug-likeness (QED) is 0.656. The standard InChI is InChI=1S/C22H18N4O4/c1-13-8-10-16(11-9-13)26-21(29)17(14(2)24-26)12-18-19(27)23-22(30)25(20(18)28)15-6-4-3-5-7-15/h3-12,28H,1-2H3,(H,23,27,30)/b17-12-. The van der Waals surface area contributed by atoms with Crippen LogP contribution in [0.5, 0.6) is 5.88 Å². The molecule has 0 bridgehead atoms. The number of amides is 1. The summed E-state index contributed by atoms with van der Waals surface area (Å²) in [7, 11) is 0. The van der Waals surface area contributed by atoms with Crippen LogP contribution in [-0.2, 0) is 4.79 Å². The number of aromatic amines is 1. The number of hydrazone groups is 1. The first-order valence-electron chi connectivity index (χ1n) is 9.19. The summed E-state index contributed by atoms with van der Waals surface area (Å²) in [4.78, 5) is 39.8. The van der Waals surface area contributed by atoms with E-state index in [9.17, 15) is 19.5 Å². The van der Waals surface area contributed by atoms with Gasteiger partial charge in [0.05, 0.1) is 22.7 Å². The largest absolute Gasteiger partial charge is 0.494 e. The molecule has 1 aromatic heterocycles. The number of benzene rings is 2. The van der Waals surface area contributed by atoms with Crippen LogP contribution < -0.4 is 16.3 Å². The number of aromatic nitrogens is 2. The molecule has 0 fully saturated rings. The second-order valence-electron chi connectivity index (χ2n) is 6.86. The van der Waals surface area contributed by atoms with E-state index in [2.05, 4.69) is 10.1 Å². The maximum Gasteiger partial charge on any atom is 0.335 e. The highest BCUT2D eigenvalue weighted by Gasteiger charge is 2.29. The fourth-order valence-electron chi connectivity index (χ4n) is 3.17. The van der Waals surface area contributed by atoms with E-state index in [1.807, 2.05) is 19.1 Å². The second-order valence-corrected chi connectivity index (χ2v) is 6.86. The number of carbonyl (C=O) groups excluding carboxylic acids is 1. The number of aromatic hydroxyl groups is 1. The highest BCUT2D eigenvalue weighted by molar-refractivity contribution is 6.32. The van der Waals surface area contributed by atoms with Crippen molar-refractivity contribution in [2.45, 2.75) is 13.8 Å². The van der Waals surface area contributed by atoms with Crippen LogP contribution in [0.4, 0.5) is 5.69 Å². The molecule has 2 N–H and O–H groups in total. The molecular weight excluding hydrogens is 384 g/mol. The molecule has 150 valence electrons. The smallest absolute Gasteiger partial charge is 0.335 e. The van der Waals surface area contributed by atoms with E-state index >= 15 is 0 Å². The summed E-state index contributed by atoms with van der Waals surface area (Å²) >= 11 is 0. The van der Waals surface area contributed by atoms with Gasteiger partial charge in [-0.15, -0.1) is 0 Å². The van der Waals surface area contributed by atoms with Crippen molar-refractivity contribution in [1.82, 2.24) is 9.55 Å². The SMILES string of the molecule is CC1=NN(c2ccc(C)cc2)C(=O)/C1=C\c1c(O)n(-c2ccccc2)c(=O)[nH]c1=O. The number of hydrogen-bond acceptors (Lipinski definition) is 5. The number of nitrogens with zero attached hydrogens (tertiary/aromatic N) is 3. The molecule has 2 aromatic carbocycles. The van der Waals surface area contributed by atoms with Gasteiger partial charge in [0.2, 0.25) is 5.88 Å². The third-order valence-electron chi connectivity index (χ3n) is 4.77. The summed E-state index contributed by atoms with van der Waals surface area (Å²) in [6.07, 6.45) is 1.25. The van der Waals surface area contributed by atoms with E-state index in [0.29, 0.717) is 17.1 Å². The molecular formula is C22H18N4O4. The maximum absolute atomic E-state index is 12.9. The lowest BCUT2D eigenvalue weighted by Gasteiger charge is -2.12. The molecule has 8 heteroatoms. The Bertz CT molecular complexity index is 1320. The number of hydrogen-bond donors (Lipinski definition) is 2. The fraction of sp³-hybridized carbons (Fsp3) is 0.0909. The summed E-state index contributed by atoms with van der Waals surface area (Å²) in [6, 6.07) is 15.6. The van der Waals surface area contributed by atoms with Crippen molar-refractivity contribution >= 4 is 23.4 Å². The third kappa shape index (κ3) is 3.24. The molecule has 1 aliphatic heterocycles. The molecule has 3 aromatic rings. The van der Waals surface area contributed by atoms with Crippen molar-refractivity contribution in [2.24, 2.45) is 5.10 Å². The van der Waals surface area contributed by atoms with Crippen molar-refractivity contribution in [1.29, 1.82) is 0 Å². The lowest BCUT2D eigenvalue weighted by Crippen LogP contribution is -2.30. The highest BCUT2D eigenvalue weighted by atomic mass is 16.3. The van der Waals surface area contributed by atoms with E-state index in [1.54, 1.807) is 49.4 Å². The summed E-state index contributed by atoms with van der Waals surface area (Å²) < 4.78 is 0.970. The zero-order chi connectivity index (χ0) is 21.4. The molecule has 4 rings (SSSR count). The van der Waals surface area contributed by atoms with E-state index in [-0.39, 0.29) is 11.1 Å². The van der Waals surface area contributed by atoms with Crippen LogP contribution in [0.1, 0.15) is 18.1 Å². The lowest BCUT2D eigenvalue weighted by atomic mass is 10.1. The third-order valence-corrected chi connectivity index (χ3v) is 4.77. The Morgan fingerprint density at radius 1 is 0.933 bits per heavy atom. The van der Waals surface area contributed by atoms with Crippen molar-refractivity contribution in [3.05, 3.63) is 92.1 Å². The average Bonchev–Trinajstić information content (AvgIpc) is 3.00. The Balaban J connectivity index is 1.81. The van der Waals surface area contributed by atoms with Gasteiger partial charge in [-0.3, -0.25) is 14.6 Å². The molecule has 1 aliphatic rings. The molecule has 0 saturated heterocycles. The molecule has 30 heavy (non-hydrogen) atoms. The van der Waals surface area contributed by atoms with Crippen LogP contribution in [0.25, 0.3) is 11.8 Å². The lowest BCUT2D eigenvalue weighted by molar-refractivity contribution is -0.114. The Kier molecular flexibility index (Phi) is 4.67. The molecule has 0 aliphatic carbocycles. The van der Waals surface area contributed by atoms with Crippen LogP contribution in [0.2, 0.25) is 0 Å². The Morgan fingerprint density at radius 2 is 1.60 bits per heavy atom. The zero-order valence-corrected chi connectivity index (χ0v) is 16.3. The molecule has 0 spiro atoms. The minimum Gasteiger partial charge on any atom is -0.494 e. The Morgan fingerprint density at radius 3 is 2.27 bits per heavy atom. The van der Waals surface area contributed by atoms with Gasteiger partial charge < -0.3 is 5.11 Å². The summed E-state index contributed by atoms with van der Waals surface area (Å²) in [6.45, 7) is 3.57. The highest BCUT2D eigenvalue weighted by Crippen LogP contribution is 2.26. The number of aryl methyl sites for hydroxylation is 1. The average molecular weight is 402 g/mol. The molecule has 8 nitrogen and oxygen atoms in total. The van der Waals surface area contributed by atoms with Crippen LogP contribution in [-0.4, -0.2) is 26.3 Å². The molecule has 2 heterocycles. The van der Waals surface area contributed by atoms with Crippen molar-refractivity contribution in [2.75, 3.05) is 5.01 Å². The summed E-state index contributed by atoms with van der Waals surface area (Å²) in [5.74, 6) is -0.996. The van der Waals surface area contributed by atoms with Crippen LogP contribution in [0.15, 0.2) is 74.9 Å². The number of H-pyrrole nitrogens is 1. The van der Waals surface area contributed by atoms with Crippen LogP contribution >= 0.6 is 0 Å². The monoisotopic (exact) mass is 402 g/mol. The van der Waals surface area contributed by atoms with Crippen LogP contribution in [0.3, 0.4) is 0 Å². The van der Waals surface area contributed by atoms with Gasteiger partial charge in [-0.05, 0) is 44.2 Å². The minimum atomic E-state index is -0.799. The topological polar surface area (TPSA) is 108 Å². The Labute approximate surface area is 171 Å². The van der Waals surface area contributed by atoms with Crippen molar-refractivity contribution < 1.29 is 9.90 Å². The normalized spacial score (nSPS) is 15.0. The van der Waals surface area contributed by atoms with Gasteiger partial charge in [0.1, 0.15) is 5.56 Å². The van der Waals surface area contributed by atoms with E-state index in [0.717, 1.165) is 10.1 Å². The van der Waals surface area contributed by atoms with Crippen molar-refractivity contribution in [3.63, 3.8) is 0 Å². The van der Waals surface area contributed by atoms with E-state index in [4.69, 9.17) is 0 Å². The minimum absolute atomic E-state index is 0.148. The van der Waals surface area contributed by atoms with Gasteiger partial charge in [-0.25, -0.2) is 9.36 Å². The predicted molar refractivity (Wildman–Crippen MR) is 114 cm³/mol. The Hall–Kier alpha value is -4.20. The van der Waals surface area contributed by atoms with Gasteiger partial charge in [-0.1, -0.05) is 35.9 Å². The van der Waals surface area contributed by atoms with Gasteiger partial charge in [-0.2, -0.15) is 10.1 Å². The van der Waals surface area contributed by atoms with E-state index < -0.39 is 23.0 Å². The number of anilines is 1. The summed E-state index contributed by atoms with van der Waals surface area (Å²) in [5.41, 5.74) is 0.748.